The zero-order chi connectivity index (χ0) is 52.7. The van der Waals surface area contributed by atoms with Gasteiger partial charge < -0.3 is 27.9 Å². The summed E-state index contributed by atoms with van der Waals surface area (Å²) in [6, 6.07) is 0. The second kappa shape index (κ2) is 52.3. The number of carbonyl (C=O) groups is 2. The van der Waals surface area contributed by atoms with Crippen LogP contribution < -0.4 is 4.89 Å². The van der Waals surface area contributed by atoms with E-state index in [0.717, 1.165) is 128 Å². The highest BCUT2D eigenvalue weighted by Gasteiger charge is 2.21. The summed E-state index contributed by atoms with van der Waals surface area (Å²) in [5.74, 6) is -0.880. The van der Waals surface area contributed by atoms with Gasteiger partial charge in [-0.05, 0) is 109 Å². The molecule has 0 saturated carbocycles. The monoisotopic (exact) mass is 1020 g/mol. The molecular weight excluding hydrogens is 918 g/mol. The number of nitrogens with zero attached hydrogens (tertiary/aromatic N) is 1. The highest BCUT2D eigenvalue weighted by atomic mass is 31.2. The molecule has 10 heteroatoms. The molecule has 0 aromatic heterocycles. The first kappa shape index (κ1) is 68.4. The van der Waals surface area contributed by atoms with Gasteiger partial charge >= 0.3 is 11.9 Å². The molecule has 0 fully saturated rings. The zero-order valence-corrected chi connectivity index (χ0v) is 47.2. The fourth-order valence-corrected chi connectivity index (χ4v) is 7.84. The van der Waals surface area contributed by atoms with Gasteiger partial charge in [0.1, 0.15) is 19.8 Å². The highest BCUT2D eigenvalue weighted by Crippen LogP contribution is 2.38. The van der Waals surface area contributed by atoms with E-state index >= 15 is 0 Å². The first-order valence-corrected chi connectivity index (χ1v) is 29.7. The van der Waals surface area contributed by atoms with Crippen LogP contribution in [0.2, 0.25) is 0 Å². The predicted molar refractivity (Wildman–Crippen MR) is 305 cm³/mol. The lowest BCUT2D eigenvalue weighted by Gasteiger charge is -2.28. The van der Waals surface area contributed by atoms with Gasteiger partial charge in [-0.3, -0.25) is 14.2 Å². The summed E-state index contributed by atoms with van der Waals surface area (Å²) >= 11 is 0. The Kier molecular flexibility index (Phi) is 49.7. The van der Waals surface area contributed by atoms with E-state index in [2.05, 4.69) is 135 Å². The lowest BCUT2D eigenvalue weighted by atomic mass is 10.1. The fraction of sp³-hybridized carbons (Fsp3) is 0.645. The van der Waals surface area contributed by atoms with Crippen molar-refractivity contribution in [3.63, 3.8) is 0 Å². The van der Waals surface area contributed by atoms with Crippen molar-refractivity contribution in [2.75, 3.05) is 47.5 Å². The molecule has 2 atom stereocenters. The van der Waals surface area contributed by atoms with Gasteiger partial charge in [0, 0.05) is 12.8 Å². The molecule has 0 aromatic rings. The van der Waals surface area contributed by atoms with Crippen molar-refractivity contribution >= 4 is 19.8 Å². The molecule has 0 spiro atoms. The summed E-state index contributed by atoms with van der Waals surface area (Å²) in [6.45, 7) is 4.06. The Labute approximate surface area is 441 Å². The van der Waals surface area contributed by atoms with Crippen LogP contribution >= 0.6 is 7.82 Å². The Balaban J connectivity index is 4.32. The molecule has 0 aliphatic heterocycles. The molecule has 0 rings (SSSR count). The number of hydrogen-bond acceptors (Lipinski definition) is 8. The summed E-state index contributed by atoms with van der Waals surface area (Å²) < 4.78 is 34.1. The average Bonchev–Trinajstić information content (AvgIpc) is 3.34. The number of ether oxygens (including phenoxy) is 2. The quantitative estimate of drug-likeness (QED) is 0.0195. The summed E-state index contributed by atoms with van der Waals surface area (Å²) in [5, 5.41) is 0. The van der Waals surface area contributed by atoms with Gasteiger partial charge in [0.2, 0.25) is 0 Å². The number of esters is 2. The number of hydrogen-bond donors (Lipinski definition) is 0. The lowest BCUT2D eigenvalue weighted by Crippen LogP contribution is -2.37. The van der Waals surface area contributed by atoms with E-state index in [-0.39, 0.29) is 26.1 Å². The van der Waals surface area contributed by atoms with Gasteiger partial charge in [-0.15, -0.1) is 0 Å². The number of allylic oxidation sites excluding steroid dienone is 20. The number of quaternary nitrogens is 1. The predicted octanol–water partition coefficient (Wildman–Crippen LogP) is 17.0. The fourth-order valence-electron chi connectivity index (χ4n) is 7.11. The molecule has 0 saturated heterocycles. The Morgan fingerprint density at radius 1 is 0.444 bits per heavy atom. The number of likely N-dealkylation sites (N-methyl/N-ethyl adjacent to an activating group) is 1. The zero-order valence-electron chi connectivity index (χ0n) is 46.3. The molecule has 0 bridgehead atoms. The molecule has 72 heavy (non-hydrogen) atoms. The highest BCUT2D eigenvalue weighted by molar-refractivity contribution is 7.45. The van der Waals surface area contributed by atoms with Crippen molar-refractivity contribution in [2.45, 2.75) is 213 Å². The third kappa shape index (κ3) is 55.7. The van der Waals surface area contributed by atoms with Crippen LogP contribution in [0.15, 0.2) is 122 Å². The van der Waals surface area contributed by atoms with Gasteiger partial charge in [-0.25, -0.2) is 0 Å². The van der Waals surface area contributed by atoms with E-state index in [1.807, 2.05) is 21.1 Å². The molecule has 410 valence electrons. The van der Waals surface area contributed by atoms with Gasteiger partial charge in [0.05, 0.1) is 27.7 Å². The topological polar surface area (TPSA) is 111 Å². The normalized spacial score (nSPS) is 14.2. The second-order valence-corrected chi connectivity index (χ2v) is 21.0. The summed E-state index contributed by atoms with van der Waals surface area (Å²) in [6.07, 6.45) is 73.7. The molecule has 2 unspecified atom stereocenters. The number of rotatable bonds is 50. The first-order chi connectivity index (χ1) is 35.0. The van der Waals surface area contributed by atoms with Crippen molar-refractivity contribution in [2.24, 2.45) is 0 Å². The van der Waals surface area contributed by atoms with E-state index in [0.29, 0.717) is 23.9 Å². The number of unbranched alkanes of at least 4 members (excludes halogenated alkanes) is 16. The Bertz CT molecular complexity index is 1630. The van der Waals surface area contributed by atoms with Crippen LogP contribution in [0.5, 0.6) is 0 Å². The van der Waals surface area contributed by atoms with Crippen LogP contribution in [0.3, 0.4) is 0 Å². The van der Waals surface area contributed by atoms with Crippen molar-refractivity contribution in [1.29, 1.82) is 0 Å². The molecule has 0 aromatic carbocycles. The maximum Gasteiger partial charge on any atom is 0.306 e. The van der Waals surface area contributed by atoms with Crippen LogP contribution in [0, 0.1) is 0 Å². The Morgan fingerprint density at radius 3 is 1.18 bits per heavy atom. The van der Waals surface area contributed by atoms with Crippen LogP contribution in [0.1, 0.15) is 206 Å². The first-order valence-electron chi connectivity index (χ1n) is 28.2. The van der Waals surface area contributed by atoms with Crippen molar-refractivity contribution in [3.05, 3.63) is 122 Å². The minimum absolute atomic E-state index is 0.0446. The molecule has 0 heterocycles. The second-order valence-electron chi connectivity index (χ2n) is 19.6. The van der Waals surface area contributed by atoms with Gasteiger partial charge in [0.25, 0.3) is 7.82 Å². The standard InChI is InChI=1S/C62H104NO8P/c1-6-8-10-12-14-16-18-20-22-24-26-28-29-30-31-32-33-35-37-39-41-43-45-47-49-51-53-55-62(65)71-60(59-70-72(66,67)69-57-56-63(3,4)5)58-68-61(64)54-52-50-48-46-44-42-40-38-36-34-27-25-23-21-19-17-15-13-11-9-7-2/h8,10,14,16,19-22,25-28,30-31,33,35-36,38-39,41,60H,6-7,9,11-13,15,17-18,23-24,29,32,34,37,40,42-59H2,1-5H3/b10-8-,16-14-,21-19-,22-20-,27-25-,28-26-,31-30-,35-33-,38-36-,41-39-. The average molecular weight is 1020 g/mol. The van der Waals surface area contributed by atoms with Crippen LogP contribution in [0.4, 0.5) is 0 Å². The molecule has 0 amide bonds. The minimum atomic E-state index is -4.65. The van der Waals surface area contributed by atoms with Gasteiger partial charge in [-0.2, -0.15) is 0 Å². The molecule has 0 aliphatic rings. The van der Waals surface area contributed by atoms with Crippen molar-refractivity contribution in [1.82, 2.24) is 0 Å². The van der Waals surface area contributed by atoms with Crippen LogP contribution in [-0.4, -0.2) is 70.0 Å². The number of phosphoric ester groups is 1. The summed E-state index contributed by atoms with van der Waals surface area (Å²) in [7, 11) is 1.12. The largest absolute Gasteiger partial charge is 0.756 e. The lowest BCUT2D eigenvalue weighted by molar-refractivity contribution is -0.870. The molecule has 0 radical (unpaired) electrons. The minimum Gasteiger partial charge on any atom is -0.756 e. The molecule has 9 nitrogen and oxygen atoms in total. The summed E-state index contributed by atoms with van der Waals surface area (Å²) in [5.41, 5.74) is 0. The van der Waals surface area contributed by atoms with Crippen LogP contribution in [0.25, 0.3) is 0 Å². The molecule has 0 N–H and O–H groups in total. The van der Waals surface area contributed by atoms with E-state index in [1.54, 1.807) is 0 Å². The van der Waals surface area contributed by atoms with Crippen molar-refractivity contribution < 1.29 is 42.1 Å². The van der Waals surface area contributed by atoms with E-state index in [4.69, 9.17) is 18.5 Å². The smallest absolute Gasteiger partial charge is 0.306 e. The van der Waals surface area contributed by atoms with Gasteiger partial charge in [-0.1, -0.05) is 206 Å². The number of phosphoric acid groups is 1. The van der Waals surface area contributed by atoms with E-state index < -0.39 is 32.5 Å². The molecule has 0 aliphatic carbocycles. The number of carbonyl (C=O) groups excluding carboxylic acids is 2. The third-order valence-corrected chi connectivity index (χ3v) is 12.4. The third-order valence-electron chi connectivity index (χ3n) is 11.5. The Morgan fingerprint density at radius 2 is 0.792 bits per heavy atom. The maximum absolute atomic E-state index is 12.8. The van der Waals surface area contributed by atoms with Gasteiger partial charge in [0.15, 0.2) is 6.10 Å². The summed E-state index contributed by atoms with van der Waals surface area (Å²) in [4.78, 5) is 37.8. The SMILES string of the molecule is CC/C=C\C/C=C\C/C=C\C/C=C\C/C=C\C/C=C\C/C=C\CCCCCCCC(=O)OC(COC(=O)CCCCCCCC/C=C\C/C=C\C/C=C\CCCCCCC)COP(=O)([O-])OCC[N+](C)(C)C. The van der Waals surface area contributed by atoms with E-state index in [9.17, 15) is 19.0 Å². The van der Waals surface area contributed by atoms with E-state index in [1.165, 1.54) is 38.5 Å². The van der Waals surface area contributed by atoms with Crippen LogP contribution in [-0.2, 0) is 32.7 Å². The Hall–Kier alpha value is -3.59. The molecular formula is C62H104NO8P. The van der Waals surface area contributed by atoms with Crippen molar-refractivity contribution in [3.8, 4) is 0 Å². The maximum atomic E-state index is 12.8.